The third kappa shape index (κ3) is 8.24. The summed E-state index contributed by atoms with van der Waals surface area (Å²) >= 11 is 0. The molecule has 4 unspecified atom stereocenters. The van der Waals surface area contributed by atoms with E-state index in [2.05, 4.69) is 15.4 Å². The van der Waals surface area contributed by atoms with Crippen LogP contribution in [0.25, 0.3) is 0 Å². The van der Waals surface area contributed by atoms with Gasteiger partial charge in [-0.05, 0) is 63.5 Å². The zero-order valence-electron chi connectivity index (χ0n) is 22.7. The van der Waals surface area contributed by atoms with Crippen LogP contribution in [0.4, 0.5) is 4.79 Å². The summed E-state index contributed by atoms with van der Waals surface area (Å²) in [7, 11) is 1.24. The van der Waals surface area contributed by atoms with Crippen LogP contribution < -0.4 is 10.6 Å². The highest BCUT2D eigenvalue weighted by molar-refractivity contribution is 5.93. The molecule has 2 rings (SSSR count). The maximum Gasteiger partial charge on any atom is 0.408 e. The van der Waals surface area contributed by atoms with Gasteiger partial charge in [0, 0.05) is 6.04 Å². The van der Waals surface area contributed by atoms with E-state index >= 15 is 0 Å². The zero-order valence-corrected chi connectivity index (χ0v) is 22.7. The first kappa shape index (κ1) is 29.1. The van der Waals surface area contributed by atoms with Crippen LogP contribution in [0.15, 0.2) is 24.3 Å². The molecule has 1 aliphatic rings. The molecule has 0 bridgehead atoms. The second-order valence-electron chi connectivity index (χ2n) is 10.9. The molecule has 1 fully saturated rings. The molecule has 1 aromatic carbocycles. The summed E-state index contributed by atoms with van der Waals surface area (Å²) in [4.78, 5) is 53.6. The summed E-state index contributed by atoms with van der Waals surface area (Å²) in [6.45, 7) is 12.8. The molecule has 2 N–H and O–H groups in total. The van der Waals surface area contributed by atoms with E-state index in [0.29, 0.717) is 12.0 Å². The minimum atomic E-state index is -0.978. The van der Waals surface area contributed by atoms with E-state index in [0.717, 1.165) is 12.0 Å². The van der Waals surface area contributed by atoms with Gasteiger partial charge < -0.3 is 25.0 Å². The average molecular weight is 504 g/mol. The number of aryl methyl sites for hydroxylation is 1. The van der Waals surface area contributed by atoms with Crippen molar-refractivity contribution in [1.82, 2.24) is 15.5 Å². The molecule has 0 radical (unpaired) electrons. The molecule has 0 spiro atoms. The molecule has 9 nitrogen and oxygen atoms in total. The number of benzene rings is 1. The number of methoxy groups -OCH3 is 1. The number of alkyl carbamates (subject to hydrolysis) is 1. The van der Waals surface area contributed by atoms with Gasteiger partial charge in [0.15, 0.2) is 0 Å². The van der Waals surface area contributed by atoms with Crippen molar-refractivity contribution >= 4 is 23.9 Å². The first-order chi connectivity index (χ1) is 16.7. The maximum atomic E-state index is 14.1. The lowest BCUT2D eigenvalue weighted by atomic mass is 9.96. The van der Waals surface area contributed by atoms with Gasteiger partial charge in [-0.3, -0.25) is 14.4 Å². The van der Waals surface area contributed by atoms with Crippen molar-refractivity contribution in [1.29, 1.82) is 0 Å². The maximum absolute atomic E-state index is 14.1. The highest BCUT2D eigenvalue weighted by Crippen LogP contribution is 2.41. The first-order valence-electron chi connectivity index (χ1n) is 12.5. The Morgan fingerprint density at radius 2 is 1.75 bits per heavy atom. The van der Waals surface area contributed by atoms with Crippen molar-refractivity contribution in [2.24, 2.45) is 11.8 Å². The summed E-state index contributed by atoms with van der Waals surface area (Å²) < 4.78 is 10.1. The van der Waals surface area contributed by atoms with Crippen molar-refractivity contribution in [3.05, 3.63) is 35.4 Å². The number of carbonyl (C=O) groups is 4. The van der Waals surface area contributed by atoms with E-state index in [1.54, 1.807) is 25.7 Å². The van der Waals surface area contributed by atoms with E-state index < -0.39 is 35.7 Å². The Morgan fingerprint density at radius 3 is 2.25 bits per heavy atom. The highest BCUT2D eigenvalue weighted by atomic mass is 16.6. The van der Waals surface area contributed by atoms with Crippen LogP contribution in [0.2, 0.25) is 0 Å². The van der Waals surface area contributed by atoms with Crippen molar-refractivity contribution < 1.29 is 28.7 Å². The number of esters is 1. The summed E-state index contributed by atoms with van der Waals surface area (Å²) in [5.74, 6) is -1.14. The zero-order chi connectivity index (χ0) is 27.2. The van der Waals surface area contributed by atoms with Crippen LogP contribution in [0, 0.1) is 18.8 Å². The first-order valence-corrected chi connectivity index (χ1v) is 12.5. The SMILES string of the molecule is COC(=O)CNC(=O)C(c1ccccc1C)N(C(=O)C(CC(C)C)NC(=O)OC(C)(C)C)C1CC1C. The lowest BCUT2D eigenvalue weighted by Gasteiger charge is -2.36. The van der Waals surface area contributed by atoms with E-state index in [1.807, 2.05) is 52.0 Å². The number of nitrogens with one attached hydrogen (secondary N) is 2. The molecule has 0 saturated heterocycles. The normalized spacial score (nSPS) is 18.6. The van der Waals surface area contributed by atoms with Crippen molar-refractivity contribution in [3.8, 4) is 0 Å². The van der Waals surface area contributed by atoms with Gasteiger partial charge in [0.2, 0.25) is 11.8 Å². The van der Waals surface area contributed by atoms with Gasteiger partial charge in [0.1, 0.15) is 24.2 Å². The largest absolute Gasteiger partial charge is 0.468 e. The van der Waals surface area contributed by atoms with E-state index in [1.165, 1.54) is 7.11 Å². The van der Waals surface area contributed by atoms with Crippen molar-refractivity contribution in [2.45, 2.75) is 85.0 Å². The molecule has 1 aliphatic carbocycles. The second-order valence-corrected chi connectivity index (χ2v) is 10.9. The van der Waals surface area contributed by atoms with E-state index in [9.17, 15) is 19.2 Å². The standard InChI is InChI=1S/C27H41N3O6/c1-16(2)13-20(29-26(34)36-27(5,6)7)25(33)30(21-14-18(21)4)23(19-12-10-9-11-17(19)3)24(32)28-15-22(31)35-8/h9-12,16,18,20-21,23H,13-15H2,1-8H3,(H,28,32)(H,29,34). The van der Waals surface area contributed by atoms with Gasteiger partial charge in [0.05, 0.1) is 7.11 Å². The summed E-state index contributed by atoms with van der Waals surface area (Å²) in [5, 5.41) is 5.37. The average Bonchev–Trinajstić information content (AvgIpc) is 3.49. The molecule has 0 aliphatic heterocycles. The molecular formula is C27H41N3O6. The van der Waals surface area contributed by atoms with Crippen LogP contribution in [0.5, 0.6) is 0 Å². The Hall–Kier alpha value is -3.10. The topological polar surface area (TPSA) is 114 Å². The molecule has 0 aromatic heterocycles. The Morgan fingerprint density at radius 1 is 1.14 bits per heavy atom. The van der Waals surface area contributed by atoms with Gasteiger partial charge in [-0.1, -0.05) is 45.0 Å². The lowest BCUT2D eigenvalue weighted by molar-refractivity contribution is -0.145. The number of hydrogen-bond acceptors (Lipinski definition) is 6. The van der Waals surface area contributed by atoms with Crippen LogP contribution in [-0.4, -0.2) is 60.1 Å². The Kier molecular flexibility index (Phi) is 9.90. The van der Waals surface area contributed by atoms with Gasteiger partial charge in [-0.2, -0.15) is 0 Å². The fourth-order valence-electron chi connectivity index (χ4n) is 4.13. The fourth-order valence-corrected chi connectivity index (χ4v) is 4.13. The van der Waals surface area contributed by atoms with E-state index in [4.69, 9.17) is 4.74 Å². The molecule has 9 heteroatoms. The molecule has 0 heterocycles. The fraction of sp³-hybridized carbons (Fsp3) is 0.630. The summed E-state index contributed by atoms with van der Waals surface area (Å²) in [6.07, 6.45) is 0.423. The van der Waals surface area contributed by atoms with Crippen LogP contribution >= 0.6 is 0 Å². The number of ether oxygens (including phenoxy) is 2. The number of hydrogen-bond donors (Lipinski definition) is 2. The smallest absolute Gasteiger partial charge is 0.408 e. The molecule has 36 heavy (non-hydrogen) atoms. The third-order valence-corrected chi connectivity index (χ3v) is 6.02. The number of carbonyl (C=O) groups excluding carboxylic acids is 4. The molecule has 1 aromatic rings. The van der Waals surface area contributed by atoms with Gasteiger partial charge in [0.25, 0.3) is 0 Å². The predicted molar refractivity (Wildman–Crippen MR) is 136 cm³/mol. The number of nitrogens with zero attached hydrogens (tertiary/aromatic N) is 1. The molecular weight excluding hydrogens is 462 g/mol. The Balaban J connectivity index is 2.48. The Labute approximate surface area is 214 Å². The third-order valence-electron chi connectivity index (χ3n) is 6.02. The lowest BCUT2D eigenvalue weighted by Crippen LogP contribution is -2.54. The summed E-state index contributed by atoms with van der Waals surface area (Å²) in [5.41, 5.74) is 0.771. The monoisotopic (exact) mass is 503 g/mol. The van der Waals surface area contributed by atoms with Crippen molar-refractivity contribution in [2.75, 3.05) is 13.7 Å². The van der Waals surface area contributed by atoms with Crippen LogP contribution in [-0.2, 0) is 23.9 Å². The predicted octanol–water partition coefficient (Wildman–Crippen LogP) is 3.50. The van der Waals surface area contributed by atoms with Crippen LogP contribution in [0.3, 0.4) is 0 Å². The van der Waals surface area contributed by atoms with Crippen LogP contribution in [0.1, 0.15) is 71.6 Å². The minimum Gasteiger partial charge on any atom is -0.468 e. The van der Waals surface area contributed by atoms with Gasteiger partial charge >= 0.3 is 12.1 Å². The van der Waals surface area contributed by atoms with E-state index in [-0.39, 0.29) is 30.3 Å². The van der Waals surface area contributed by atoms with Gasteiger partial charge in [-0.25, -0.2) is 4.79 Å². The molecule has 1 saturated carbocycles. The summed E-state index contributed by atoms with van der Waals surface area (Å²) in [6, 6.07) is 5.32. The minimum absolute atomic E-state index is 0.0948. The Bertz CT molecular complexity index is 955. The molecule has 4 atom stereocenters. The molecule has 200 valence electrons. The number of rotatable bonds is 10. The quantitative estimate of drug-likeness (QED) is 0.473. The highest BCUT2D eigenvalue weighted by Gasteiger charge is 2.48. The second kappa shape index (κ2) is 12.2. The van der Waals surface area contributed by atoms with Crippen molar-refractivity contribution in [3.63, 3.8) is 0 Å². The number of amides is 3. The van der Waals surface area contributed by atoms with Gasteiger partial charge in [-0.15, -0.1) is 0 Å². The molecule has 3 amide bonds.